The molecular weight excluding hydrogens is 1670 g/mol. The monoisotopic (exact) mass is 1870 g/mol. The second-order valence-corrected chi connectivity index (χ2v) is 39.7. The normalized spacial score (nSPS) is 11.8. The molecule has 0 fully saturated rings. The molecule has 740 valence electrons. The summed E-state index contributed by atoms with van der Waals surface area (Å²) in [5.41, 5.74) is -1.53. The minimum atomic E-state index is -5.02. The number of carbonyl (C=O) groups is 4. The summed E-state index contributed by atoms with van der Waals surface area (Å²) in [7, 11) is -10.0. The molecule has 0 aromatic heterocycles. The van der Waals surface area contributed by atoms with E-state index in [2.05, 4.69) is 76.3 Å². The van der Waals surface area contributed by atoms with Crippen LogP contribution < -0.4 is 0 Å². The van der Waals surface area contributed by atoms with Crippen molar-refractivity contribution in [2.45, 2.75) is 551 Å². The van der Waals surface area contributed by atoms with Crippen molar-refractivity contribution in [2.75, 3.05) is 26.4 Å². The van der Waals surface area contributed by atoms with Crippen LogP contribution in [0.25, 0.3) is 0 Å². The second kappa shape index (κ2) is 96.1. The summed E-state index contributed by atoms with van der Waals surface area (Å²) < 4.78 is 94.0. The Bertz CT molecular complexity index is 3020. The van der Waals surface area contributed by atoms with Crippen molar-refractivity contribution in [3.8, 4) is 0 Å². The van der Waals surface area contributed by atoms with Crippen molar-refractivity contribution >= 4 is 81.9 Å². The van der Waals surface area contributed by atoms with Crippen LogP contribution in [0.5, 0.6) is 0 Å². The molecule has 0 spiro atoms. The first-order valence-electron chi connectivity index (χ1n) is 54.1. The fourth-order valence-electron chi connectivity index (χ4n) is 16.8. The van der Waals surface area contributed by atoms with Gasteiger partial charge in [0.15, 0.2) is 0 Å². The van der Waals surface area contributed by atoms with Gasteiger partial charge in [-0.2, -0.15) is 0 Å². The van der Waals surface area contributed by atoms with E-state index in [9.17, 15) is 45.1 Å². The third kappa shape index (κ3) is 80.2. The molecular formula is C112H194CaO14S2. The summed E-state index contributed by atoms with van der Waals surface area (Å²) in [5.74, 6) is -3.60. The van der Waals surface area contributed by atoms with Gasteiger partial charge in [-0.25, -0.2) is 36.0 Å². The van der Waals surface area contributed by atoms with Gasteiger partial charge < -0.3 is 28.1 Å². The molecule has 0 radical (unpaired) electrons. The number of ether oxygens (including phenoxy) is 4. The van der Waals surface area contributed by atoms with Gasteiger partial charge in [-0.3, -0.25) is 0 Å². The fourth-order valence-corrected chi connectivity index (χ4v) is 18.2. The smallest absolute Gasteiger partial charge is 0.744 e. The summed E-state index contributed by atoms with van der Waals surface area (Å²) in [6, 6.07) is 7.31. The number of allylic oxidation sites excluding steroid dienone is 8. The van der Waals surface area contributed by atoms with E-state index in [1.54, 1.807) is 0 Å². The largest absolute Gasteiger partial charge is 2.00 e. The molecule has 2 rings (SSSR count). The number of hydrogen-bond acceptors (Lipinski definition) is 14. The fraction of sp³-hybridized carbons (Fsp3) is 0.786. The van der Waals surface area contributed by atoms with E-state index < -0.39 is 65.0 Å². The van der Waals surface area contributed by atoms with Gasteiger partial charge in [-0.05, 0) is 153 Å². The predicted octanol–water partition coefficient (Wildman–Crippen LogP) is 34.9. The number of rotatable bonds is 94. The third-order valence-corrected chi connectivity index (χ3v) is 26.8. The summed E-state index contributed by atoms with van der Waals surface area (Å²) in [4.78, 5) is 50.7. The van der Waals surface area contributed by atoms with Crippen molar-refractivity contribution in [3.63, 3.8) is 0 Å². The van der Waals surface area contributed by atoms with Gasteiger partial charge >= 0.3 is 61.6 Å². The molecule has 0 N–H and O–H groups in total. The zero-order valence-corrected chi connectivity index (χ0v) is 87.6. The van der Waals surface area contributed by atoms with Gasteiger partial charge in [0.05, 0.1) is 58.5 Å². The Morgan fingerprint density at radius 1 is 0.217 bits per heavy atom. The molecule has 0 aliphatic rings. The maximum Gasteiger partial charge on any atom is 2.00 e. The zero-order valence-electron chi connectivity index (χ0n) is 83.7. The molecule has 0 saturated heterocycles. The van der Waals surface area contributed by atoms with E-state index in [-0.39, 0.29) is 75.3 Å². The summed E-state index contributed by atoms with van der Waals surface area (Å²) in [6.45, 7) is 9.53. The number of esters is 4. The summed E-state index contributed by atoms with van der Waals surface area (Å²) >= 11 is 0. The molecule has 0 heterocycles. The topological polar surface area (TPSA) is 220 Å². The van der Waals surface area contributed by atoms with Crippen LogP contribution in [-0.4, -0.2) is 114 Å². The Morgan fingerprint density at radius 2 is 0.357 bits per heavy atom. The van der Waals surface area contributed by atoms with Crippen LogP contribution in [0.4, 0.5) is 0 Å². The first-order chi connectivity index (χ1) is 62.6. The van der Waals surface area contributed by atoms with E-state index in [0.29, 0.717) is 25.7 Å². The van der Waals surface area contributed by atoms with Gasteiger partial charge in [0.1, 0.15) is 20.2 Å². The van der Waals surface area contributed by atoms with Crippen molar-refractivity contribution in [1.82, 2.24) is 0 Å². The second-order valence-electron chi connectivity index (χ2n) is 37.0. The third-order valence-electron chi connectivity index (χ3n) is 25.0. The quantitative estimate of drug-likeness (QED) is 0.0150. The first-order valence-corrected chi connectivity index (χ1v) is 56.9. The van der Waals surface area contributed by atoms with Crippen molar-refractivity contribution < 1.29 is 64.1 Å². The van der Waals surface area contributed by atoms with Crippen LogP contribution in [-0.2, 0) is 39.2 Å². The Hall–Kier alpha value is -3.64. The van der Waals surface area contributed by atoms with Crippen molar-refractivity contribution in [1.29, 1.82) is 0 Å². The van der Waals surface area contributed by atoms with Crippen LogP contribution in [0.2, 0.25) is 0 Å². The first kappa shape index (κ1) is 125. The maximum absolute atomic E-state index is 13.1. The molecule has 0 aliphatic carbocycles. The van der Waals surface area contributed by atoms with Crippen LogP contribution in [0, 0.1) is 0 Å². The van der Waals surface area contributed by atoms with Gasteiger partial charge in [0.2, 0.25) is 0 Å². The average Bonchev–Trinajstić information content (AvgIpc) is 0.794. The molecule has 0 saturated carbocycles. The van der Waals surface area contributed by atoms with Gasteiger partial charge in [-0.15, -0.1) is 0 Å². The molecule has 14 nitrogen and oxygen atoms in total. The standard InChI is InChI=1S/2C56H98O7S.Ca/c2*1-3-5-7-9-11-13-15-17-19-21-23-25-27-29-31-33-35-37-39-41-43-45-50-62-55(57)52-48-47-49-53(64(59,60)61)54(52)56(58)63-51-46-44-42-40-38-36-34-32-30-28-26-24-22-20-18-16-14-12-10-8-6-4-2;/h2*11-14,47-49H,3-10,15-46,50-51H2,1-2H3,(H,59,60,61);/q;;+2/p-2/b2*13-11+,14-12+;. The van der Waals surface area contributed by atoms with Gasteiger partial charge in [-0.1, -0.05) is 474 Å². The van der Waals surface area contributed by atoms with Gasteiger partial charge in [0, 0.05) is 0 Å². The van der Waals surface area contributed by atoms with E-state index in [1.165, 1.54) is 435 Å². The molecule has 0 aliphatic heterocycles. The molecule has 2 aromatic carbocycles. The van der Waals surface area contributed by atoms with Crippen LogP contribution >= 0.6 is 0 Å². The number of unbranched alkanes of at least 4 members (excludes halogenated alkanes) is 72. The molecule has 0 atom stereocenters. The number of hydrogen-bond donors (Lipinski definition) is 0. The minimum Gasteiger partial charge on any atom is -0.744 e. The van der Waals surface area contributed by atoms with E-state index in [0.717, 1.165) is 89.2 Å². The number of benzene rings is 2. The van der Waals surface area contributed by atoms with Gasteiger partial charge in [0.25, 0.3) is 0 Å². The average molecular weight is 1870 g/mol. The maximum atomic E-state index is 13.1. The van der Waals surface area contributed by atoms with E-state index in [4.69, 9.17) is 18.9 Å². The van der Waals surface area contributed by atoms with E-state index >= 15 is 0 Å². The SMILES string of the molecule is CCCCC/C=C/CCCCCCCCCCCCCCCCCOC(=O)c1cccc(S(=O)(=O)[O-])c1C(=O)OCCCCCCCCCCCCCCCCC/C=C/CCCCC.CCCCC/C=C/CCCCCCCCCCCCCCCCCOC(=O)c1cccc(S(=O)(=O)[O-])c1C(=O)OCCCCCCCCCCCCCCCCC/C=C/CCCCC.[Ca+2]. The van der Waals surface area contributed by atoms with Crippen molar-refractivity contribution in [2.24, 2.45) is 0 Å². The van der Waals surface area contributed by atoms with E-state index in [1.807, 2.05) is 0 Å². The molecule has 2 aromatic rings. The zero-order chi connectivity index (χ0) is 92.9. The minimum absolute atomic E-state index is 0. The Kier molecular flexibility index (Phi) is 93.3. The molecule has 129 heavy (non-hydrogen) atoms. The van der Waals surface area contributed by atoms with Crippen LogP contribution in [0.15, 0.2) is 94.8 Å². The van der Waals surface area contributed by atoms with Crippen molar-refractivity contribution in [3.05, 3.63) is 107 Å². The summed E-state index contributed by atoms with van der Waals surface area (Å²) in [6.07, 6.45) is 118. The summed E-state index contributed by atoms with van der Waals surface area (Å²) in [5, 5.41) is 0. The molecule has 0 amide bonds. The molecule has 0 bridgehead atoms. The Morgan fingerprint density at radius 3 is 0.512 bits per heavy atom. The van der Waals surface area contributed by atoms with Crippen LogP contribution in [0.1, 0.15) is 583 Å². The molecule has 0 unspecified atom stereocenters. The number of carbonyl (C=O) groups excluding carboxylic acids is 4. The Balaban J connectivity index is 0.00000252. The van der Waals surface area contributed by atoms with Crippen LogP contribution in [0.3, 0.4) is 0 Å². The molecule has 17 heteroatoms. The Labute approximate surface area is 824 Å². The predicted molar refractivity (Wildman–Crippen MR) is 544 cm³/mol.